The first-order valence-electron chi connectivity index (χ1n) is 5.39. The number of aliphatic hydroxyl groups excluding tert-OH is 1. The summed E-state index contributed by atoms with van der Waals surface area (Å²) < 4.78 is 37.7. The SMILES string of the molecule is OCc1cc(C(F)(F)F)ccc1-c1ccccc1. The van der Waals surface area contributed by atoms with Crippen LogP contribution >= 0.6 is 0 Å². The van der Waals surface area contributed by atoms with Crippen LogP contribution in [0.1, 0.15) is 11.1 Å². The minimum absolute atomic E-state index is 0.274. The molecule has 0 atom stereocenters. The molecule has 1 N–H and O–H groups in total. The van der Waals surface area contributed by atoms with Gasteiger partial charge in [0, 0.05) is 0 Å². The Labute approximate surface area is 103 Å². The molecule has 0 saturated heterocycles. The van der Waals surface area contributed by atoms with Crippen LogP contribution in [0.4, 0.5) is 13.2 Å². The molecular weight excluding hydrogens is 241 g/mol. The summed E-state index contributed by atoms with van der Waals surface area (Å²) >= 11 is 0. The van der Waals surface area contributed by atoms with E-state index >= 15 is 0 Å². The Morgan fingerprint density at radius 2 is 1.61 bits per heavy atom. The average Bonchev–Trinajstić information content (AvgIpc) is 2.38. The summed E-state index contributed by atoms with van der Waals surface area (Å²) in [6, 6.07) is 12.4. The van der Waals surface area contributed by atoms with Crippen molar-refractivity contribution in [3.63, 3.8) is 0 Å². The molecule has 1 nitrogen and oxygen atoms in total. The van der Waals surface area contributed by atoms with Crippen LogP contribution in [0.25, 0.3) is 11.1 Å². The van der Waals surface area contributed by atoms with Gasteiger partial charge in [-0.05, 0) is 28.8 Å². The fourth-order valence-electron chi connectivity index (χ4n) is 1.80. The molecule has 2 aromatic carbocycles. The Morgan fingerprint density at radius 1 is 0.944 bits per heavy atom. The lowest BCUT2D eigenvalue weighted by atomic mass is 9.98. The van der Waals surface area contributed by atoms with E-state index in [1.54, 1.807) is 24.3 Å². The van der Waals surface area contributed by atoms with Gasteiger partial charge in [-0.25, -0.2) is 0 Å². The summed E-state index contributed by atoms with van der Waals surface area (Å²) in [7, 11) is 0. The van der Waals surface area contributed by atoms with Gasteiger partial charge in [0.2, 0.25) is 0 Å². The Kier molecular flexibility index (Phi) is 3.39. The topological polar surface area (TPSA) is 20.2 Å². The van der Waals surface area contributed by atoms with Crippen LogP contribution in [0.15, 0.2) is 48.5 Å². The van der Waals surface area contributed by atoms with Crippen LogP contribution in [-0.4, -0.2) is 5.11 Å². The Balaban J connectivity index is 2.51. The van der Waals surface area contributed by atoms with Crippen molar-refractivity contribution in [2.45, 2.75) is 12.8 Å². The average molecular weight is 252 g/mol. The molecule has 0 spiro atoms. The fourth-order valence-corrected chi connectivity index (χ4v) is 1.80. The highest BCUT2D eigenvalue weighted by molar-refractivity contribution is 5.67. The Hall–Kier alpha value is -1.81. The van der Waals surface area contributed by atoms with Gasteiger partial charge < -0.3 is 5.11 Å². The van der Waals surface area contributed by atoms with Crippen LogP contribution in [0.3, 0.4) is 0 Å². The van der Waals surface area contributed by atoms with Gasteiger partial charge in [0.15, 0.2) is 0 Å². The monoisotopic (exact) mass is 252 g/mol. The number of halogens is 3. The van der Waals surface area contributed by atoms with E-state index in [0.717, 1.165) is 17.7 Å². The van der Waals surface area contributed by atoms with Crippen LogP contribution in [0.2, 0.25) is 0 Å². The molecule has 0 unspecified atom stereocenters. The fraction of sp³-hybridized carbons (Fsp3) is 0.143. The smallest absolute Gasteiger partial charge is 0.392 e. The summed E-state index contributed by atoms with van der Waals surface area (Å²) in [4.78, 5) is 0. The van der Waals surface area contributed by atoms with Gasteiger partial charge in [-0.2, -0.15) is 13.2 Å². The first-order valence-corrected chi connectivity index (χ1v) is 5.39. The van der Waals surface area contributed by atoms with Crippen molar-refractivity contribution in [2.24, 2.45) is 0 Å². The minimum Gasteiger partial charge on any atom is -0.392 e. The molecule has 0 amide bonds. The molecule has 4 heteroatoms. The molecular formula is C14H11F3O. The standard InChI is InChI=1S/C14H11F3O/c15-14(16,17)12-6-7-13(11(8-12)9-18)10-4-2-1-3-5-10/h1-8,18H,9H2. The van der Waals surface area contributed by atoms with E-state index in [1.807, 2.05) is 6.07 Å². The van der Waals surface area contributed by atoms with Crippen LogP contribution in [-0.2, 0) is 12.8 Å². The molecule has 0 fully saturated rings. The van der Waals surface area contributed by atoms with Crippen LogP contribution in [0, 0.1) is 0 Å². The summed E-state index contributed by atoms with van der Waals surface area (Å²) in [5.74, 6) is 0. The molecule has 2 rings (SSSR count). The van der Waals surface area contributed by atoms with Crippen molar-refractivity contribution in [3.05, 3.63) is 59.7 Å². The van der Waals surface area contributed by atoms with E-state index in [4.69, 9.17) is 0 Å². The molecule has 0 aliphatic carbocycles. The van der Waals surface area contributed by atoms with E-state index in [9.17, 15) is 18.3 Å². The molecule has 0 radical (unpaired) electrons. The molecule has 0 aliphatic rings. The summed E-state index contributed by atoms with van der Waals surface area (Å²) in [5, 5.41) is 9.20. The predicted molar refractivity (Wildman–Crippen MR) is 62.8 cm³/mol. The highest BCUT2D eigenvalue weighted by atomic mass is 19.4. The van der Waals surface area contributed by atoms with Crippen molar-refractivity contribution in [2.75, 3.05) is 0 Å². The summed E-state index contributed by atoms with van der Waals surface area (Å²) in [5.41, 5.74) is 0.934. The quantitative estimate of drug-likeness (QED) is 0.860. The molecule has 94 valence electrons. The number of aliphatic hydroxyl groups is 1. The van der Waals surface area contributed by atoms with Crippen molar-refractivity contribution >= 4 is 0 Å². The van der Waals surface area contributed by atoms with Crippen LogP contribution < -0.4 is 0 Å². The van der Waals surface area contributed by atoms with Gasteiger partial charge in [-0.1, -0.05) is 36.4 Å². The zero-order valence-electron chi connectivity index (χ0n) is 9.41. The zero-order chi connectivity index (χ0) is 13.2. The van der Waals surface area contributed by atoms with Gasteiger partial charge in [0.05, 0.1) is 12.2 Å². The van der Waals surface area contributed by atoms with Crippen molar-refractivity contribution < 1.29 is 18.3 Å². The van der Waals surface area contributed by atoms with Gasteiger partial charge in [0.25, 0.3) is 0 Å². The van der Waals surface area contributed by atoms with E-state index in [2.05, 4.69) is 0 Å². The Bertz CT molecular complexity index is 532. The largest absolute Gasteiger partial charge is 0.416 e. The minimum atomic E-state index is -4.39. The number of rotatable bonds is 2. The molecule has 0 bridgehead atoms. The summed E-state index contributed by atoms with van der Waals surface area (Å²) in [6.45, 7) is -0.422. The first-order chi connectivity index (χ1) is 8.52. The van der Waals surface area contributed by atoms with Gasteiger partial charge in [-0.3, -0.25) is 0 Å². The third-order valence-electron chi connectivity index (χ3n) is 2.69. The lowest BCUT2D eigenvalue weighted by molar-refractivity contribution is -0.137. The predicted octanol–water partition coefficient (Wildman–Crippen LogP) is 3.86. The highest BCUT2D eigenvalue weighted by Gasteiger charge is 2.30. The molecule has 0 saturated carbocycles. The maximum atomic E-state index is 12.6. The lowest BCUT2D eigenvalue weighted by Gasteiger charge is -2.12. The van der Waals surface area contributed by atoms with Crippen molar-refractivity contribution in [1.29, 1.82) is 0 Å². The van der Waals surface area contributed by atoms with Gasteiger partial charge in [0.1, 0.15) is 0 Å². The van der Waals surface area contributed by atoms with Gasteiger partial charge in [-0.15, -0.1) is 0 Å². The number of hydrogen-bond acceptors (Lipinski definition) is 1. The maximum absolute atomic E-state index is 12.6. The molecule has 0 aliphatic heterocycles. The first kappa shape index (κ1) is 12.6. The van der Waals surface area contributed by atoms with Crippen molar-refractivity contribution in [3.8, 4) is 11.1 Å². The molecule has 18 heavy (non-hydrogen) atoms. The van der Waals surface area contributed by atoms with E-state index < -0.39 is 18.3 Å². The second-order valence-corrected chi connectivity index (χ2v) is 3.89. The van der Waals surface area contributed by atoms with Crippen LogP contribution in [0.5, 0.6) is 0 Å². The number of alkyl halides is 3. The van der Waals surface area contributed by atoms with E-state index in [1.165, 1.54) is 6.07 Å². The summed E-state index contributed by atoms with van der Waals surface area (Å²) in [6.07, 6.45) is -4.39. The number of benzene rings is 2. The zero-order valence-corrected chi connectivity index (χ0v) is 9.41. The van der Waals surface area contributed by atoms with E-state index in [0.29, 0.717) is 5.56 Å². The molecule has 0 aromatic heterocycles. The van der Waals surface area contributed by atoms with E-state index in [-0.39, 0.29) is 5.56 Å². The molecule has 2 aromatic rings. The normalized spacial score (nSPS) is 11.6. The molecule has 0 heterocycles. The highest BCUT2D eigenvalue weighted by Crippen LogP contribution is 2.33. The third kappa shape index (κ3) is 2.54. The maximum Gasteiger partial charge on any atom is 0.416 e. The number of hydrogen-bond donors (Lipinski definition) is 1. The third-order valence-corrected chi connectivity index (χ3v) is 2.69. The second kappa shape index (κ2) is 4.82. The lowest BCUT2D eigenvalue weighted by Crippen LogP contribution is -2.06. The van der Waals surface area contributed by atoms with Crippen molar-refractivity contribution in [1.82, 2.24) is 0 Å². The Morgan fingerprint density at radius 3 is 2.17 bits per heavy atom. The van der Waals surface area contributed by atoms with Gasteiger partial charge >= 0.3 is 6.18 Å². The second-order valence-electron chi connectivity index (χ2n) is 3.89.